The number of benzene rings is 1. The molecule has 0 fully saturated rings. The van der Waals surface area contributed by atoms with E-state index in [1.807, 2.05) is 0 Å². The monoisotopic (exact) mass is 416 g/mol. The lowest BCUT2D eigenvalue weighted by molar-refractivity contribution is -0.138. The number of pyridine rings is 1. The van der Waals surface area contributed by atoms with Gasteiger partial charge in [-0.25, -0.2) is 4.98 Å². The predicted molar refractivity (Wildman–Crippen MR) is 96.6 cm³/mol. The predicted octanol–water partition coefficient (Wildman–Crippen LogP) is 6.45. The van der Waals surface area contributed by atoms with Gasteiger partial charge in [-0.15, -0.1) is 11.8 Å². The molecule has 2 nitrogen and oxygen atoms in total. The third kappa shape index (κ3) is 3.95. The molecule has 0 N–H and O–H groups in total. The standard InChI is InChI=1S/C18H13Cl2F3N2S/c19-11-6-5-10(14(20)7-11)9-26-17-13(8-24)16(18(21,22)23)12-3-1-2-4-15(12)25-17/h5-7H,1-4,9H2. The van der Waals surface area contributed by atoms with Crippen LogP contribution in [0.1, 0.15) is 40.8 Å². The van der Waals surface area contributed by atoms with Crippen molar-refractivity contribution in [2.24, 2.45) is 0 Å². The zero-order chi connectivity index (χ0) is 18.9. The molecule has 2 aromatic rings. The number of thioether (sulfide) groups is 1. The minimum atomic E-state index is -4.58. The minimum absolute atomic E-state index is 0.103. The van der Waals surface area contributed by atoms with Gasteiger partial charge in [-0.2, -0.15) is 18.4 Å². The summed E-state index contributed by atoms with van der Waals surface area (Å²) in [6, 6.07) is 6.68. The van der Waals surface area contributed by atoms with E-state index < -0.39 is 17.3 Å². The molecule has 26 heavy (non-hydrogen) atoms. The molecule has 1 heterocycles. The Morgan fingerprint density at radius 1 is 1.19 bits per heavy atom. The van der Waals surface area contributed by atoms with Crippen LogP contribution in [-0.4, -0.2) is 4.98 Å². The van der Waals surface area contributed by atoms with Crippen LogP contribution < -0.4 is 0 Å². The molecule has 1 aromatic carbocycles. The van der Waals surface area contributed by atoms with Crippen LogP contribution in [0.5, 0.6) is 0 Å². The lowest BCUT2D eigenvalue weighted by Crippen LogP contribution is -2.19. The fourth-order valence-corrected chi connectivity index (χ4v) is 4.59. The van der Waals surface area contributed by atoms with Crippen LogP contribution in [0.3, 0.4) is 0 Å². The van der Waals surface area contributed by atoms with Gasteiger partial charge in [-0.3, -0.25) is 0 Å². The number of alkyl halides is 3. The highest BCUT2D eigenvalue weighted by Crippen LogP contribution is 2.41. The highest BCUT2D eigenvalue weighted by Gasteiger charge is 2.39. The van der Waals surface area contributed by atoms with Gasteiger partial charge in [0.05, 0.1) is 11.1 Å². The average Bonchev–Trinajstić information content (AvgIpc) is 2.58. The molecule has 0 atom stereocenters. The maximum Gasteiger partial charge on any atom is 0.418 e. The Morgan fingerprint density at radius 2 is 1.92 bits per heavy atom. The molecular weight excluding hydrogens is 404 g/mol. The van der Waals surface area contributed by atoms with Crippen molar-refractivity contribution in [1.82, 2.24) is 4.98 Å². The first-order chi connectivity index (χ1) is 12.3. The van der Waals surface area contributed by atoms with Crippen molar-refractivity contribution in [3.05, 3.63) is 56.2 Å². The molecule has 0 aliphatic heterocycles. The molecule has 0 radical (unpaired) electrons. The van der Waals surface area contributed by atoms with Crippen molar-refractivity contribution in [3.8, 4) is 6.07 Å². The molecule has 0 spiro atoms. The fourth-order valence-electron chi connectivity index (χ4n) is 3.02. The number of hydrogen-bond acceptors (Lipinski definition) is 3. The van der Waals surface area contributed by atoms with Crippen molar-refractivity contribution < 1.29 is 13.2 Å². The van der Waals surface area contributed by atoms with E-state index in [1.165, 1.54) is 0 Å². The lowest BCUT2D eigenvalue weighted by Gasteiger charge is -2.23. The lowest BCUT2D eigenvalue weighted by atomic mass is 9.90. The Hall–Kier alpha value is -1.42. The molecule has 0 saturated heterocycles. The SMILES string of the molecule is N#Cc1c(SCc2ccc(Cl)cc2Cl)nc2c(c1C(F)(F)F)CCCC2. The molecule has 1 aromatic heterocycles. The molecule has 8 heteroatoms. The first kappa shape index (κ1) is 19.3. The van der Waals surface area contributed by atoms with Crippen molar-refractivity contribution in [1.29, 1.82) is 5.26 Å². The van der Waals surface area contributed by atoms with Crippen molar-refractivity contribution in [2.75, 3.05) is 0 Å². The zero-order valence-corrected chi connectivity index (χ0v) is 15.8. The second-order valence-corrected chi connectivity index (χ2v) is 7.74. The molecule has 3 rings (SSSR count). The summed E-state index contributed by atoms with van der Waals surface area (Å²) in [6.07, 6.45) is -2.30. The van der Waals surface area contributed by atoms with Crippen LogP contribution in [-0.2, 0) is 24.8 Å². The van der Waals surface area contributed by atoms with Crippen molar-refractivity contribution in [2.45, 2.75) is 42.6 Å². The van der Waals surface area contributed by atoms with Gasteiger partial charge < -0.3 is 0 Å². The van der Waals surface area contributed by atoms with Crippen LogP contribution in [0, 0.1) is 11.3 Å². The summed E-state index contributed by atoms with van der Waals surface area (Å²) >= 11 is 13.1. The molecule has 0 amide bonds. The van der Waals surface area contributed by atoms with Gasteiger partial charge in [-0.1, -0.05) is 29.3 Å². The number of rotatable bonds is 3. The Balaban J connectivity index is 2.03. The first-order valence-corrected chi connectivity index (χ1v) is 9.65. The normalized spacial score (nSPS) is 14.0. The quantitative estimate of drug-likeness (QED) is 0.539. The Bertz CT molecular complexity index is 891. The van der Waals surface area contributed by atoms with Crippen molar-refractivity contribution in [3.63, 3.8) is 0 Å². The van der Waals surface area contributed by atoms with Gasteiger partial charge in [0, 0.05) is 21.5 Å². The van der Waals surface area contributed by atoms with E-state index in [4.69, 9.17) is 23.2 Å². The summed E-state index contributed by atoms with van der Waals surface area (Å²) in [4.78, 5) is 4.39. The number of nitrogens with zero attached hydrogens (tertiary/aromatic N) is 2. The largest absolute Gasteiger partial charge is 0.418 e. The van der Waals surface area contributed by atoms with Gasteiger partial charge in [0.25, 0.3) is 0 Å². The summed E-state index contributed by atoms with van der Waals surface area (Å²) in [5.41, 5.74) is 0.127. The van der Waals surface area contributed by atoms with Gasteiger partial charge in [-0.05, 0) is 48.9 Å². The molecule has 0 saturated carbocycles. The summed E-state index contributed by atoms with van der Waals surface area (Å²) in [6.45, 7) is 0. The van der Waals surface area contributed by atoms with Gasteiger partial charge in [0.15, 0.2) is 0 Å². The Kier molecular flexibility index (Phi) is 5.71. The maximum absolute atomic E-state index is 13.7. The summed E-state index contributed by atoms with van der Waals surface area (Å²) in [5.74, 6) is 0.299. The van der Waals surface area contributed by atoms with E-state index in [2.05, 4.69) is 4.98 Å². The smallest absolute Gasteiger partial charge is 0.245 e. The second-order valence-electron chi connectivity index (χ2n) is 5.93. The Morgan fingerprint density at radius 3 is 2.58 bits per heavy atom. The van der Waals surface area contributed by atoms with E-state index in [0.29, 0.717) is 40.8 Å². The van der Waals surface area contributed by atoms with E-state index in [9.17, 15) is 18.4 Å². The summed E-state index contributed by atoms with van der Waals surface area (Å²) < 4.78 is 41.0. The van der Waals surface area contributed by atoms with E-state index in [-0.39, 0.29) is 10.6 Å². The maximum atomic E-state index is 13.7. The van der Waals surface area contributed by atoms with E-state index >= 15 is 0 Å². The van der Waals surface area contributed by atoms with Gasteiger partial charge >= 0.3 is 6.18 Å². The van der Waals surface area contributed by atoms with Crippen molar-refractivity contribution >= 4 is 35.0 Å². The third-order valence-corrected chi connectivity index (χ3v) is 5.83. The van der Waals surface area contributed by atoms with E-state index in [1.54, 1.807) is 24.3 Å². The number of nitriles is 1. The molecular formula is C18H13Cl2F3N2S. The molecule has 136 valence electrons. The van der Waals surface area contributed by atoms with Crippen LogP contribution in [0.2, 0.25) is 10.0 Å². The first-order valence-electron chi connectivity index (χ1n) is 7.91. The van der Waals surface area contributed by atoms with Crippen LogP contribution in [0.25, 0.3) is 0 Å². The number of hydrogen-bond donors (Lipinski definition) is 0. The minimum Gasteiger partial charge on any atom is -0.245 e. The van der Waals surface area contributed by atoms with E-state index in [0.717, 1.165) is 23.7 Å². The topological polar surface area (TPSA) is 36.7 Å². The summed E-state index contributed by atoms with van der Waals surface area (Å²) in [7, 11) is 0. The fraction of sp³-hybridized carbons (Fsp3) is 0.333. The Labute approximate surface area is 163 Å². The van der Waals surface area contributed by atoms with Gasteiger partial charge in [0.1, 0.15) is 11.1 Å². The van der Waals surface area contributed by atoms with Crippen LogP contribution in [0.15, 0.2) is 23.2 Å². The number of halogens is 5. The number of fused-ring (bicyclic) bond motifs is 1. The molecule has 0 bridgehead atoms. The average molecular weight is 417 g/mol. The third-order valence-electron chi connectivity index (χ3n) is 4.22. The second kappa shape index (κ2) is 7.67. The highest BCUT2D eigenvalue weighted by molar-refractivity contribution is 7.98. The molecule has 1 aliphatic rings. The zero-order valence-electron chi connectivity index (χ0n) is 13.5. The molecule has 1 aliphatic carbocycles. The summed E-state index contributed by atoms with van der Waals surface area (Å²) in [5, 5.41) is 10.4. The van der Waals surface area contributed by atoms with Crippen LogP contribution in [0.4, 0.5) is 13.2 Å². The van der Waals surface area contributed by atoms with Crippen LogP contribution >= 0.6 is 35.0 Å². The number of aromatic nitrogens is 1. The molecule has 0 unspecified atom stereocenters. The van der Waals surface area contributed by atoms with Gasteiger partial charge in [0.2, 0.25) is 0 Å². The highest BCUT2D eigenvalue weighted by atomic mass is 35.5. The number of aryl methyl sites for hydroxylation is 1.